The molecule has 0 spiro atoms. The fraction of sp³-hybridized carbons (Fsp3) is 0.0714. The van der Waals surface area contributed by atoms with Gasteiger partial charge in [-0.25, -0.2) is 8.42 Å². The highest BCUT2D eigenvalue weighted by Crippen LogP contribution is 2.27. The molecule has 0 bridgehead atoms. The van der Waals surface area contributed by atoms with Gasteiger partial charge in [0, 0.05) is 7.05 Å². The van der Waals surface area contributed by atoms with E-state index in [0.29, 0.717) is 10.9 Å². The van der Waals surface area contributed by atoms with Gasteiger partial charge in [0.25, 0.3) is 14.8 Å². The second kappa shape index (κ2) is 6.43. The number of fused-ring (bicyclic) bond motifs is 1. The summed E-state index contributed by atoms with van der Waals surface area (Å²) in [6.07, 6.45) is 0. The molecule has 0 atom stereocenters. The van der Waals surface area contributed by atoms with Crippen molar-refractivity contribution in [3.8, 4) is 0 Å². The fourth-order valence-electron chi connectivity index (χ4n) is 2.27. The summed E-state index contributed by atoms with van der Waals surface area (Å²) in [7, 11) is -5.04. The van der Waals surface area contributed by atoms with Crippen LogP contribution in [0.1, 0.15) is 0 Å². The summed E-state index contributed by atoms with van der Waals surface area (Å²) in [5, 5.41) is 0.300. The standard InChI is InChI=1S/C14H11N3O5S3/c1-17-13-7-6-9(8-10(13)14(18)23-17)25(21,22)16-12-5-3-2-4-11(12)15-24(19)20/h2-8,16H,1H3. The molecular formula is C14H11N3O5S3. The van der Waals surface area contributed by atoms with E-state index in [9.17, 15) is 21.6 Å². The minimum Gasteiger partial charge on any atom is -0.297 e. The van der Waals surface area contributed by atoms with E-state index in [1.165, 1.54) is 30.3 Å². The Hall–Kier alpha value is -2.50. The third-order valence-corrected chi connectivity index (χ3v) is 5.94. The van der Waals surface area contributed by atoms with Crippen LogP contribution in [0.4, 0.5) is 11.4 Å². The van der Waals surface area contributed by atoms with Crippen LogP contribution in [-0.2, 0) is 27.6 Å². The van der Waals surface area contributed by atoms with E-state index in [1.54, 1.807) is 23.1 Å². The number of sulfonamides is 1. The Kier molecular flexibility index (Phi) is 4.45. The largest absolute Gasteiger partial charge is 0.316 e. The number of nitrogens with one attached hydrogen (secondary N) is 1. The first-order chi connectivity index (χ1) is 11.8. The van der Waals surface area contributed by atoms with Crippen LogP contribution in [0.5, 0.6) is 0 Å². The predicted molar refractivity (Wildman–Crippen MR) is 95.3 cm³/mol. The van der Waals surface area contributed by atoms with E-state index < -0.39 is 20.5 Å². The molecular weight excluding hydrogens is 386 g/mol. The van der Waals surface area contributed by atoms with Gasteiger partial charge in [-0.3, -0.25) is 13.5 Å². The first-order valence-corrected chi connectivity index (χ1v) is 10.1. The molecule has 0 saturated heterocycles. The van der Waals surface area contributed by atoms with Crippen molar-refractivity contribution in [3.05, 3.63) is 52.0 Å². The number of para-hydroxylation sites is 1. The van der Waals surface area contributed by atoms with E-state index in [4.69, 9.17) is 0 Å². The summed E-state index contributed by atoms with van der Waals surface area (Å²) >= 11 is 0.977. The normalized spacial score (nSPS) is 11.4. The quantitative estimate of drug-likeness (QED) is 0.724. The van der Waals surface area contributed by atoms with Gasteiger partial charge in [0.1, 0.15) is 5.69 Å². The van der Waals surface area contributed by atoms with Gasteiger partial charge in [0.15, 0.2) is 0 Å². The number of hydrogen-bond acceptors (Lipinski definition) is 7. The van der Waals surface area contributed by atoms with E-state index in [0.717, 1.165) is 11.5 Å². The summed E-state index contributed by atoms with van der Waals surface area (Å²) in [5.74, 6) is 0. The number of aromatic nitrogens is 1. The first-order valence-electron chi connectivity index (χ1n) is 6.81. The van der Waals surface area contributed by atoms with Crippen molar-refractivity contribution in [1.29, 1.82) is 0 Å². The number of rotatable bonds is 4. The van der Waals surface area contributed by atoms with Crippen LogP contribution in [0.25, 0.3) is 10.9 Å². The van der Waals surface area contributed by atoms with Gasteiger partial charge in [0.2, 0.25) is 0 Å². The third-order valence-electron chi connectivity index (χ3n) is 3.38. The number of anilines is 1. The smallest absolute Gasteiger partial charge is 0.297 e. The molecule has 0 unspecified atom stereocenters. The summed E-state index contributed by atoms with van der Waals surface area (Å²) in [5.41, 5.74) is 0.614. The van der Waals surface area contributed by atoms with E-state index in [1.807, 2.05) is 0 Å². The van der Waals surface area contributed by atoms with Crippen LogP contribution in [0.3, 0.4) is 0 Å². The van der Waals surface area contributed by atoms with Crippen molar-refractivity contribution in [3.63, 3.8) is 0 Å². The predicted octanol–water partition coefficient (Wildman–Crippen LogP) is 2.09. The van der Waals surface area contributed by atoms with Gasteiger partial charge in [-0.15, -0.1) is 4.36 Å². The van der Waals surface area contributed by atoms with Crippen LogP contribution in [0.15, 0.2) is 56.5 Å². The van der Waals surface area contributed by atoms with Crippen LogP contribution in [0.2, 0.25) is 0 Å². The SMILES string of the molecule is Cn1sc(=O)c2cc(S(=O)(=O)Nc3ccccc3N=S(=O)=O)ccc21. The van der Waals surface area contributed by atoms with Gasteiger partial charge in [-0.1, -0.05) is 12.1 Å². The van der Waals surface area contributed by atoms with Gasteiger partial charge >= 0.3 is 10.5 Å². The summed E-state index contributed by atoms with van der Waals surface area (Å²) in [6.45, 7) is 0. The molecule has 0 aliphatic carbocycles. The maximum absolute atomic E-state index is 12.6. The van der Waals surface area contributed by atoms with Gasteiger partial charge in [-0.05, 0) is 41.9 Å². The van der Waals surface area contributed by atoms with Crippen LogP contribution in [0, 0.1) is 0 Å². The van der Waals surface area contributed by atoms with Gasteiger partial charge in [0.05, 0.1) is 21.5 Å². The maximum atomic E-state index is 12.6. The molecule has 0 radical (unpaired) electrons. The van der Waals surface area contributed by atoms with Crippen molar-refractivity contribution in [2.75, 3.05) is 4.72 Å². The number of benzene rings is 2. The maximum Gasteiger partial charge on any atom is 0.316 e. The monoisotopic (exact) mass is 397 g/mol. The second-order valence-corrected chi connectivity index (χ2v) is 8.39. The number of nitrogens with zero attached hydrogens (tertiary/aromatic N) is 2. The summed E-state index contributed by atoms with van der Waals surface area (Å²) < 4.78 is 53.8. The minimum atomic E-state index is -4.03. The van der Waals surface area contributed by atoms with Crippen molar-refractivity contribution in [1.82, 2.24) is 3.96 Å². The molecule has 130 valence electrons. The van der Waals surface area contributed by atoms with Crippen LogP contribution < -0.4 is 9.46 Å². The zero-order valence-corrected chi connectivity index (χ0v) is 15.2. The van der Waals surface area contributed by atoms with Crippen LogP contribution >= 0.6 is 11.5 Å². The number of aryl methyl sites for hydroxylation is 1. The topological polar surface area (TPSA) is 115 Å². The molecule has 3 rings (SSSR count). The number of hydrogen-bond donors (Lipinski definition) is 1. The Morgan fingerprint density at radius 3 is 2.60 bits per heavy atom. The summed E-state index contributed by atoms with van der Waals surface area (Å²) in [4.78, 5) is 11.8. The zero-order chi connectivity index (χ0) is 18.2. The van der Waals surface area contributed by atoms with E-state index in [2.05, 4.69) is 9.08 Å². The lowest BCUT2D eigenvalue weighted by atomic mass is 10.2. The lowest BCUT2D eigenvalue weighted by molar-refractivity contribution is 0.601. The lowest BCUT2D eigenvalue weighted by Gasteiger charge is -2.09. The average Bonchev–Trinajstić information content (AvgIpc) is 2.83. The van der Waals surface area contributed by atoms with Crippen LogP contribution in [-0.4, -0.2) is 20.8 Å². The Morgan fingerprint density at radius 2 is 1.88 bits per heavy atom. The molecule has 25 heavy (non-hydrogen) atoms. The Balaban J connectivity index is 2.08. The minimum absolute atomic E-state index is 0.0185. The molecule has 1 N–H and O–H groups in total. The molecule has 1 heterocycles. The molecule has 0 fully saturated rings. The molecule has 3 aromatic rings. The van der Waals surface area contributed by atoms with E-state index in [-0.39, 0.29) is 21.0 Å². The fourth-order valence-corrected chi connectivity index (χ4v) is 4.45. The third kappa shape index (κ3) is 3.48. The summed E-state index contributed by atoms with van der Waals surface area (Å²) in [6, 6.07) is 10.1. The molecule has 11 heteroatoms. The molecule has 1 aromatic heterocycles. The highest BCUT2D eigenvalue weighted by molar-refractivity contribution is 7.92. The van der Waals surface area contributed by atoms with Crippen molar-refractivity contribution >= 4 is 54.3 Å². The second-order valence-electron chi connectivity index (χ2n) is 4.99. The highest BCUT2D eigenvalue weighted by atomic mass is 32.2. The van der Waals surface area contributed by atoms with E-state index >= 15 is 0 Å². The first kappa shape index (κ1) is 17.3. The Bertz CT molecular complexity index is 1260. The average molecular weight is 397 g/mol. The lowest BCUT2D eigenvalue weighted by Crippen LogP contribution is -2.13. The molecule has 0 saturated carbocycles. The highest BCUT2D eigenvalue weighted by Gasteiger charge is 2.18. The Morgan fingerprint density at radius 1 is 1.16 bits per heavy atom. The molecule has 2 aromatic carbocycles. The van der Waals surface area contributed by atoms with Crippen molar-refractivity contribution in [2.24, 2.45) is 11.4 Å². The molecule has 0 aliphatic rings. The molecule has 0 aliphatic heterocycles. The zero-order valence-electron chi connectivity index (χ0n) is 12.7. The van der Waals surface area contributed by atoms with Crippen molar-refractivity contribution in [2.45, 2.75) is 4.90 Å². The van der Waals surface area contributed by atoms with Crippen molar-refractivity contribution < 1.29 is 16.8 Å². The molecule has 8 nitrogen and oxygen atoms in total. The molecule has 0 amide bonds. The van der Waals surface area contributed by atoms with Gasteiger partial charge in [-0.2, -0.15) is 8.42 Å². The van der Waals surface area contributed by atoms with Gasteiger partial charge < -0.3 is 0 Å². The Labute approximate surface area is 148 Å².